The van der Waals surface area contributed by atoms with Crippen LogP contribution in [0.15, 0.2) is 24.4 Å². The Bertz CT molecular complexity index is 713. The number of nitrogens with zero attached hydrogens (tertiary/aromatic N) is 3. The molecule has 0 spiro atoms. The smallest absolute Gasteiger partial charge is 0.266 e. The first-order valence-corrected chi connectivity index (χ1v) is 8.50. The summed E-state index contributed by atoms with van der Waals surface area (Å²) in [7, 11) is 2.12. The van der Waals surface area contributed by atoms with E-state index < -0.39 is 0 Å². The number of piperidine rings is 1. The van der Waals surface area contributed by atoms with Crippen LogP contribution in [-0.2, 0) is 0 Å². The minimum absolute atomic E-state index is 0.0228. The lowest BCUT2D eigenvalue weighted by molar-refractivity contribution is 0.101. The van der Waals surface area contributed by atoms with Crippen molar-refractivity contribution in [3.8, 4) is 0 Å². The number of carbonyl (C=O) groups is 2. The molecule has 2 aromatic rings. The second-order valence-corrected chi connectivity index (χ2v) is 6.95. The number of aromatic nitrogens is 2. The normalized spacial score (nSPS) is 16.4. The summed E-state index contributed by atoms with van der Waals surface area (Å²) in [6.07, 6.45) is 3.76. The fourth-order valence-corrected chi connectivity index (χ4v) is 3.57. The van der Waals surface area contributed by atoms with Gasteiger partial charge in [-0.05, 0) is 52.0 Å². The molecule has 122 valence electrons. The molecule has 0 bridgehead atoms. The van der Waals surface area contributed by atoms with Crippen LogP contribution < -0.4 is 5.32 Å². The molecule has 3 heterocycles. The number of anilines is 1. The topological polar surface area (TPSA) is 67.2 Å². The summed E-state index contributed by atoms with van der Waals surface area (Å²) in [4.78, 5) is 27.1. The Morgan fingerprint density at radius 2 is 1.91 bits per heavy atom. The summed E-state index contributed by atoms with van der Waals surface area (Å²) in [5, 5.41) is 7.29. The summed E-state index contributed by atoms with van der Waals surface area (Å²) in [5.74, 6) is 0.491. The minimum atomic E-state index is -0.197. The monoisotopic (exact) mass is 332 g/mol. The van der Waals surface area contributed by atoms with E-state index in [1.54, 1.807) is 18.3 Å². The predicted molar refractivity (Wildman–Crippen MR) is 90.3 cm³/mol. The summed E-state index contributed by atoms with van der Waals surface area (Å²) < 4.78 is 1.91. The number of rotatable bonds is 4. The van der Waals surface area contributed by atoms with E-state index in [0.717, 1.165) is 25.9 Å². The third kappa shape index (κ3) is 3.51. The fourth-order valence-electron chi connectivity index (χ4n) is 2.77. The standard InChI is InChI=1S/C16H20N4O2S/c1-11(21)13-3-4-14(23-13)16(22)18-15-5-8-17-20(15)12-6-9-19(2)10-7-12/h3-5,8,12H,6-7,9-10H2,1-2H3,(H,18,22). The van der Waals surface area contributed by atoms with Crippen LogP contribution in [0.1, 0.15) is 45.2 Å². The van der Waals surface area contributed by atoms with Crippen molar-refractivity contribution in [1.82, 2.24) is 14.7 Å². The molecule has 1 amide bonds. The quantitative estimate of drug-likeness (QED) is 0.874. The van der Waals surface area contributed by atoms with Gasteiger partial charge in [-0.15, -0.1) is 11.3 Å². The number of likely N-dealkylation sites (tertiary alicyclic amines) is 1. The molecule has 6 nitrogen and oxygen atoms in total. The highest BCUT2D eigenvalue weighted by atomic mass is 32.1. The summed E-state index contributed by atoms with van der Waals surface area (Å²) in [5.41, 5.74) is 0. The van der Waals surface area contributed by atoms with Gasteiger partial charge in [0, 0.05) is 6.07 Å². The Morgan fingerprint density at radius 1 is 1.22 bits per heavy atom. The molecule has 0 radical (unpaired) electrons. The molecular weight excluding hydrogens is 312 g/mol. The first-order valence-electron chi connectivity index (χ1n) is 7.69. The van der Waals surface area contributed by atoms with Gasteiger partial charge in [-0.1, -0.05) is 0 Å². The van der Waals surface area contributed by atoms with Crippen molar-refractivity contribution < 1.29 is 9.59 Å². The molecule has 0 aliphatic carbocycles. The van der Waals surface area contributed by atoms with E-state index in [1.165, 1.54) is 18.3 Å². The maximum absolute atomic E-state index is 12.4. The van der Waals surface area contributed by atoms with Gasteiger partial charge in [0.1, 0.15) is 5.82 Å². The Morgan fingerprint density at radius 3 is 2.57 bits per heavy atom. The maximum atomic E-state index is 12.4. The van der Waals surface area contributed by atoms with Gasteiger partial charge < -0.3 is 10.2 Å². The zero-order valence-corrected chi connectivity index (χ0v) is 14.1. The predicted octanol–water partition coefficient (Wildman–Crippen LogP) is 2.67. The van der Waals surface area contributed by atoms with Crippen molar-refractivity contribution in [3.63, 3.8) is 0 Å². The number of thiophene rings is 1. The largest absolute Gasteiger partial charge is 0.306 e. The van der Waals surface area contributed by atoms with Crippen LogP contribution >= 0.6 is 11.3 Å². The van der Waals surface area contributed by atoms with Crippen LogP contribution in [0.3, 0.4) is 0 Å². The lowest BCUT2D eigenvalue weighted by Gasteiger charge is -2.29. The van der Waals surface area contributed by atoms with Crippen molar-refractivity contribution in [3.05, 3.63) is 34.2 Å². The van der Waals surface area contributed by atoms with Gasteiger partial charge in [-0.25, -0.2) is 4.68 Å². The van der Waals surface area contributed by atoms with Crippen LogP contribution in [0, 0.1) is 0 Å². The summed E-state index contributed by atoms with van der Waals surface area (Å²) >= 11 is 1.21. The van der Waals surface area contributed by atoms with E-state index in [4.69, 9.17) is 0 Å². The Kier molecular flexibility index (Phi) is 4.58. The molecule has 7 heteroatoms. The number of ketones is 1. The second kappa shape index (κ2) is 6.64. The van der Waals surface area contributed by atoms with Crippen LogP contribution in [0.25, 0.3) is 0 Å². The van der Waals surface area contributed by atoms with Gasteiger partial charge in [0.2, 0.25) is 0 Å². The third-order valence-electron chi connectivity index (χ3n) is 4.12. The molecule has 0 aromatic carbocycles. The summed E-state index contributed by atoms with van der Waals surface area (Å²) in [6.45, 7) is 3.57. The van der Waals surface area contributed by atoms with Crippen LogP contribution in [0.5, 0.6) is 0 Å². The highest BCUT2D eigenvalue weighted by Gasteiger charge is 2.22. The van der Waals surface area contributed by atoms with E-state index >= 15 is 0 Å². The van der Waals surface area contributed by atoms with Crippen molar-refractivity contribution >= 4 is 28.8 Å². The SMILES string of the molecule is CC(=O)c1ccc(C(=O)Nc2ccnn2C2CCN(C)CC2)s1. The van der Waals surface area contributed by atoms with Gasteiger partial charge in [-0.3, -0.25) is 9.59 Å². The van der Waals surface area contributed by atoms with Crippen LogP contribution in [-0.4, -0.2) is 46.5 Å². The molecule has 1 N–H and O–H groups in total. The molecule has 1 aliphatic rings. The molecule has 1 saturated heterocycles. The minimum Gasteiger partial charge on any atom is -0.306 e. The number of hydrogen-bond acceptors (Lipinski definition) is 5. The molecule has 1 fully saturated rings. The zero-order valence-electron chi connectivity index (χ0n) is 13.3. The molecule has 0 unspecified atom stereocenters. The maximum Gasteiger partial charge on any atom is 0.266 e. The van der Waals surface area contributed by atoms with E-state index in [2.05, 4.69) is 22.4 Å². The van der Waals surface area contributed by atoms with Gasteiger partial charge in [-0.2, -0.15) is 5.10 Å². The molecule has 0 atom stereocenters. The first-order chi connectivity index (χ1) is 11.0. The van der Waals surface area contributed by atoms with E-state index in [1.807, 2.05) is 10.7 Å². The average Bonchev–Trinajstić information content (AvgIpc) is 3.17. The van der Waals surface area contributed by atoms with Crippen molar-refractivity contribution in [2.45, 2.75) is 25.8 Å². The lowest BCUT2D eigenvalue weighted by Crippen LogP contribution is -2.32. The van der Waals surface area contributed by atoms with Gasteiger partial charge in [0.05, 0.1) is 22.0 Å². The van der Waals surface area contributed by atoms with Gasteiger partial charge in [0.15, 0.2) is 5.78 Å². The Labute approximate surface area is 139 Å². The van der Waals surface area contributed by atoms with Crippen molar-refractivity contribution in [1.29, 1.82) is 0 Å². The molecule has 0 saturated carbocycles. The molecule has 23 heavy (non-hydrogen) atoms. The number of amides is 1. The Balaban J connectivity index is 1.71. The average molecular weight is 332 g/mol. The second-order valence-electron chi connectivity index (χ2n) is 5.87. The van der Waals surface area contributed by atoms with Crippen LogP contribution in [0.2, 0.25) is 0 Å². The molecule has 1 aliphatic heterocycles. The molecule has 3 rings (SSSR count). The first kappa shape index (κ1) is 15.9. The van der Waals surface area contributed by atoms with E-state index in [-0.39, 0.29) is 11.7 Å². The summed E-state index contributed by atoms with van der Waals surface area (Å²) in [6, 6.07) is 5.51. The molecular formula is C16H20N4O2S. The number of carbonyl (C=O) groups excluding carboxylic acids is 2. The Hall–Kier alpha value is -1.99. The molecule has 2 aromatic heterocycles. The zero-order chi connectivity index (χ0) is 16.4. The fraction of sp³-hybridized carbons (Fsp3) is 0.438. The van der Waals surface area contributed by atoms with Crippen molar-refractivity contribution in [2.75, 3.05) is 25.5 Å². The number of nitrogens with one attached hydrogen (secondary N) is 1. The lowest BCUT2D eigenvalue weighted by atomic mass is 10.1. The van der Waals surface area contributed by atoms with Crippen molar-refractivity contribution in [2.24, 2.45) is 0 Å². The van der Waals surface area contributed by atoms with E-state index in [0.29, 0.717) is 21.6 Å². The number of Topliss-reactive ketones (excluding diaryl/α,β-unsaturated/α-hetero) is 1. The van der Waals surface area contributed by atoms with Crippen LogP contribution in [0.4, 0.5) is 5.82 Å². The number of hydrogen-bond donors (Lipinski definition) is 1. The third-order valence-corrected chi connectivity index (χ3v) is 5.31. The van der Waals surface area contributed by atoms with Gasteiger partial charge >= 0.3 is 0 Å². The highest BCUT2D eigenvalue weighted by Crippen LogP contribution is 2.25. The van der Waals surface area contributed by atoms with E-state index in [9.17, 15) is 9.59 Å². The highest BCUT2D eigenvalue weighted by molar-refractivity contribution is 7.16. The van der Waals surface area contributed by atoms with Gasteiger partial charge in [0.25, 0.3) is 5.91 Å².